The van der Waals surface area contributed by atoms with Crippen molar-refractivity contribution in [1.82, 2.24) is 9.97 Å². The average Bonchev–Trinajstić information content (AvgIpc) is 2.34. The van der Waals surface area contributed by atoms with Crippen LogP contribution in [0.25, 0.3) is 6.08 Å². The van der Waals surface area contributed by atoms with E-state index < -0.39 is 5.97 Å². The van der Waals surface area contributed by atoms with E-state index in [1.807, 2.05) is 0 Å². The number of nitrogens with zero attached hydrogens (tertiary/aromatic N) is 1. The third kappa shape index (κ3) is 1.74. The minimum absolute atomic E-state index is 0. The lowest BCUT2D eigenvalue weighted by Crippen LogP contribution is -1.85. The lowest BCUT2D eigenvalue weighted by molar-refractivity contribution is -0.131. The van der Waals surface area contributed by atoms with Crippen LogP contribution in [0.15, 0.2) is 18.6 Å². The van der Waals surface area contributed by atoms with Crippen molar-refractivity contribution in [3.05, 3.63) is 24.3 Å². The van der Waals surface area contributed by atoms with Crippen LogP contribution < -0.4 is 0 Å². The van der Waals surface area contributed by atoms with Crippen LogP contribution in [0.5, 0.6) is 0 Å². The number of carboxylic acid groups (broad SMARTS) is 1. The predicted molar refractivity (Wildman–Crippen MR) is 37.4 cm³/mol. The molecular weight excluding hydrogens is 132 g/mol. The Morgan fingerprint density at radius 3 is 3.20 bits per heavy atom. The number of H-pyrrole nitrogens is 1. The highest BCUT2D eigenvalue weighted by Crippen LogP contribution is 1.92. The van der Waals surface area contributed by atoms with E-state index in [1.54, 1.807) is 6.20 Å². The number of imidazole rings is 1. The number of hydrogen-bond acceptors (Lipinski definition) is 2. The predicted octanol–water partition coefficient (Wildman–Crippen LogP) is 0.753. The molecular formula is C6H8N2O2. The zero-order valence-corrected chi connectivity index (χ0v) is 5.11. The maximum absolute atomic E-state index is 9.97. The summed E-state index contributed by atoms with van der Waals surface area (Å²) in [4.78, 5) is 16.4. The minimum Gasteiger partial charge on any atom is -0.478 e. The van der Waals surface area contributed by atoms with E-state index in [4.69, 9.17) is 5.11 Å². The molecule has 0 amide bonds. The lowest BCUT2D eigenvalue weighted by atomic mass is 10.4. The number of carbonyl (C=O) groups is 1. The summed E-state index contributed by atoms with van der Waals surface area (Å²) >= 11 is 0. The average molecular weight is 140 g/mol. The van der Waals surface area contributed by atoms with Gasteiger partial charge in [-0.1, -0.05) is 0 Å². The maximum Gasteiger partial charge on any atom is 0.328 e. The SMILES string of the molecule is O=C(O)/C=C/c1cnc[nH]1.[HH]. The van der Waals surface area contributed by atoms with Gasteiger partial charge in [-0.3, -0.25) is 0 Å². The van der Waals surface area contributed by atoms with Crippen LogP contribution in [-0.4, -0.2) is 21.0 Å². The molecule has 1 rings (SSSR count). The first-order valence-corrected chi connectivity index (χ1v) is 2.68. The Morgan fingerprint density at radius 1 is 1.90 bits per heavy atom. The Labute approximate surface area is 58.7 Å². The largest absolute Gasteiger partial charge is 0.478 e. The van der Waals surface area contributed by atoms with E-state index in [9.17, 15) is 4.79 Å². The summed E-state index contributed by atoms with van der Waals surface area (Å²) in [7, 11) is 0. The summed E-state index contributed by atoms with van der Waals surface area (Å²) in [6.07, 6.45) is 5.52. The lowest BCUT2D eigenvalue weighted by Gasteiger charge is -1.79. The minimum atomic E-state index is -0.963. The molecule has 1 aromatic rings. The fourth-order valence-electron chi connectivity index (χ4n) is 0.519. The Hall–Kier alpha value is -1.58. The molecule has 0 aliphatic carbocycles. The van der Waals surface area contributed by atoms with E-state index in [0.717, 1.165) is 6.08 Å². The number of aromatic nitrogens is 2. The second-order valence-electron chi connectivity index (χ2n) is 1.68. The molecule has 2 N–H and O–H groups in total. The van der Waals surface area contributed by atoms with Crippen molar-refractivity contribution in [1.29, 1.82) is 0 Å². The van der Waals surface area contributed by atoms with Gasteiger partial charge in [0.05, 0.1) is 18.2 Å². The van der Waals surface area contributed by atoms with E-state index in [0.29, 0.717) is 5.69 Å². The smallest absolute Gasteiger partial charge is 0.328 e. The molecule has 0 bridgehead atoms. The first-order chi connectivity index (χ1) is 4.79. The van der Waals surface area contributed by atoms with Gasteiger partial charge in [0.1, 0.15) is 0 Å². The van der Waals surface area contributed by atoms with Crippen LogP contribution in [0.1, 0.15) is 7.12 Å². The quantitative estimate of drug-likeness (QED) is 0.596. The van der Waals surface area contributed by atoms with Crippen molar-refractivity contribution in [2.75, 3.05) is 0 Å². The van der Waals surface area contributed by atoms with Gasteiger partial charge in [0.25, 0.3) is 0 Å². The summed E-state index contributed by atoms with van der Waals surface area (Å²) < 4.78 is 0. The van der Waals surface area contributed by atoms with Crippen molar-refractivity contribution in [3.8, 4) is 0 Å². The second kappa shape index (κ2) is 2.82. The van der Waals surface area contributed by atoms with Gasteiger partial charge in [-0.15, -0.1) is 0 Å². The highest BCUT2D eigenvalue weighted by Gasteiger charge is 1.87. The molecule has 10 heavy (non-hydrogen) atoms. The number of hydrogen-bond donors (Lipinski definition) is 2. The van der Waals surface area contributed by atoms with Gasteiger partial charge in [0.15, 0.2) is 0 Å². The molecule has 0 saturated heterocycles. The Morgan fingerprint density at radius 2 is 2.70 bits per heavy atom. The monoisotopic (exact) mass is 140 g/mol. The van der Waals surface area contributed by atoms with Crippen LogP contribution in [0.4, 0.5) is 0 Å². The fraction of sp³-hybridized carbons (Fsp3) is 0. The van der Waals surface area contributed by atoms with E-state index in [-0.39, 0.29) is 1.43 Å². The van der Waals surface area contributed by atoms with Gasteiger partial charge >= 0.3 is 5.97 Å². The molecule has 0 unspecified atom stereocenters. The number of carboxylic acids is 1. The molecule has 0 radical (unpaired) electrons. The van der Waals surface area contributed by atoms with Crippen molar-refractivity contribution in [3.63, 3.8) is 0 Å². The molecule has 0 atom stereocenters. The molecule has 54 valence electrons. The third-order valence-corrected chi connectivity index (χ3v) is 0.925. The van der Waals surface area contributed by atoms with E-state index >= 15 is 0 Å². The van der Waals surface area contributed by atoms with Gasteiger partial charge in [-0.05, 0) is 6.08 Å². The summed E-state index contributed by atoms with van der Waals surface area (Å²) in [5.41, 5.74) is 0.683. The standard InChI is InChI=1S/C6H6N2O2.H2/c9-6(10)2-1-5-3-7-4-8-5;/h1-4H,(H,7,8)(H,9,10);1H/b2-1+;. The first kappa shape index (κ1) is 6.54. The number of aliphatic carboxylic acids is 1. The molecule has 1 aromatic heterocycles. The Balaban J connectivity index is 0.000001000. The van der Waals surface area contributed by atoms with Gasteiger partial charge in [-0.2, -0.15) is 0 Å². The van der Waals surface area contributed by atoms with Crippen molar-refractivity contribution in [2.45, 2.75) is 0 Å². The van der Waals surface area contributed by atoms with Crippen molar-refractivity contribution >= 4 is 12.0 Å². The van der Waals surface area contributed by atoms with Crippen molar-refractivity contribution < 1.29 is 11.3 Å². The summed E-state index contributed by atoms with van der Waals surface area (Å²) in [5, 5.41) is 8.19. The molecule has 0 aromatic carbocycles. The van der Waals surface area contributed by atoms with Gasteiger partial charge < -0.3 is 10.1 Å². The number of nitrogens with one attached hydrogen (secondary N) is 1. The zero-order valence-electron chi connectivity index (χ0n) is 5.11. The number of aromatic amines is 1. The molecule has 4 heteroatoms. The summed E-state index contributed by atoms with van der Waals surface area (Å²) in [5.74, 6) is -0.963. The van der Waals surface area contributed by atoms with Crippen LogP contribution in [-0.2, 0) is 4.79 Å². The fourth-order valence-corrected chi connectivity index (χ4v) is 0.519. The molecule has 0 aliphatic heterocycles. The van der Waals surface area contributed by atoms with Gasteiger partial charge in [-0.25, -0.2) is 9.78 Å². The second-order valence-corrected chi connectivity index (χ2v) is 1.68. The highest BCUT2D eigenvalue weighted by atomic mass is 16.4. The Kier molecular flexibility index (Phi) is 1.84. The first-order valence-electron chi connectivity index (χ1n) is 2.68. The van der Waals surface area contributed by atoms with E-state index in [2.05, 4.69) is 9.97 Å². The molecule has 0 fully saturated rings. The highest BCUT2D eigenvalue weighted by molar-refractivity contribution is 5.84. The molecule has 0 spiro atoms. The van der Waals surface area contributed by atoms with Crippen molar-refractivity contribution in [2.24, 2.45) is 0 Å². The van der Waals surface area contributed by atoms with Crippen LogP contribution in [0, 0.1) is 0 Å². The van der Waals surface area contributed by atoms with Crippen LogP contribution in [0.3, 0.4) is 0 Å². The maximum atomic E-state index is 9.97. The zero-order chi connectivity index (χ0) is 7.40. The van der Waals surface area contributed by atoms with Crippen LogP contribution in [0.2, 0.25) is 0 Å². The topological polar surface area (TPSA) is 66.0 Å². The van der Waals surface area contributed by atoms with E-state index in [1.165, 1.54) is 12.4 Å². The normalized spacial score (nSPS) is 10.4. The molecule has 1 heterocycles. The van der Waals surface area contributed by atoms with Crippen LogP contribution >= 0.6 is 0 Å². The summed E-state index contributed by atoms with van der Waals surface area (Å²) in [6, 6.07) is 0. The van der Waals surface area contributed by atoms with Gasteiger partial charge in [0.2, 0.25) is 0 Å². The molecule has 0 aliphatic rings. The van der Waals surface area contributed by atoms with Gasteiger partial charge in [0, 0.05) is 7.50 Å². The Bertz CT molecular complexity index is 243. The molecule has 4 nitrogen and oxygen atoms in total. The number of rotatable bonds is 2. The third-order valence-electron chi connectivity index (χ3n) is 0.925. The molecule has 0 saturated carbocycles. The summed E-state index contributed by atoms with van der Waals surface area (Å²) in [6.45, 7) is 0.